The number of hydrogen-bond acceptors (Lipinski definition) is 8. The number of thiophene rings is 2. The summed E-state index contributed by atoms with van der Waals surface area (Å²) in [6.07, 6.45) is 0. The molecule has 7 rings (SSSR count). The Bertz CT molecular complexity index is 1930. The van der Waals surface area contributed by atoms with E-state index in [1.165, 1.54) is 0 Å². The first-order valence-electron chi connectivity index (χ1n) is 13.4. The minimum atomic E-state index is -0.0585. The van der Waals surface area contributed by atoms with Crippen LogP contribution in [0.3, 0.4) is 0 Å². The summed E-state index contributed by atoms with van der Waals surface area (Å²) in [6.45, 7) is 0. The molecule has 1 aliphatic rings. The summed E-state index contributed by atoms with van der Waals surface area (Å²) in [6, 6.07) is 42.8. The molecule has 3 heterocycles. The van der Waals surface area contributed by atoms with Crippen LogP contribution in [0.25, 0.3) is 15.0 Å². The minimum Gasteiger partial charge on any atom is -0.337 e. The van der Waals surface area contributed by atoms with E-state index in [4.69, 9.17) is 12.2 Å². The molecule has 0 saturated carbocycles. The average Bonchev–Trinajstić information content (AvgIpc) is 3.71. The molecule has 0 spiro atoms. The van der Waals surface area contributed by atoms with Crippen LogP contribution in [0.4, 0.5) is 27.8 Å². The summed E-state index contributed by atoms with van der Waals surface area (Å²) in [5.41, 5.74) is 6.37. The second kappa shape index (κ2) is 12.1. The van der Waals surface area contributed by atoms with Gasteiger partial charge >= 0.3 is 0 Å². The molecule has 43 heavy (non-hydrogen) atoms. The fourth-order valence-electron chi connectivity index (χ4n) is 4.87. The summed E-state index contributed by atoms with van der Waals surface area (Å²) >= 11 is 9.54. The lowest BCUT2D eigenvalue weighted by Crippen LogP contribution is -2.13. The quantitative estimate of drug-likeness (QED) is 0.108. The SMILES string of the molecule is O=C1SC(=S)N/C1=C(\c1ccccc1)c1cc2sc(/N=N/c3ccc(N(c4ccccc4)c4ccccc4)cc3)cc2s1. The zero-order chi connectivity index (χ0) is 29.2. The van der Waals surface area contributed by atoms with Gasteiger partial charge in [0.05, 0.1) is 5.69 Å². The van der Waals surface area contributed by atoms with Crippen molar-refractivity contribution in [2.24, 2.45) is 10.2 Å². The normalized spacial score (nSPS) is 14.4. The first kappa shape index (κ1) is 27.4. The number of para-hydroxylation sites is 2. The van der Waals surface area contributed by atoms with Crippen molar-refractivity contribution in [1.82, 2.24) is 5.32 Å². The summed E-state index contributed by atoms with van der Waals surface area (Å²) < 4.78 is 2.68. The van der Waals surface area contributed by atoms with Gasteiger partial charge in [0.25, 0.3) is 0 Å². The second-order valence-electron chi connectivity index (χ2n) is 9.56. The van der Waals surface area contributed by atoms with Crippen LogP contribution in [0.15, 0.2) is 143 Å². The number of carbonyl (C=O) groups excluding carboxylic acids is 1. The van der Waals surface area contributed by atoms with Crippen molar-refractivity contribution in [3.8, 4) is 0 Å². The molecule has 0 amide bonds. The molecule has 208 valence electrons. The maximum absolute atomic E-state index is 12.7. The van der Waals surface area contributed by atoms with E-state index >= 15 is 0 Å². The number of benzene rings is 4. The second-order valence-corrected chi connectivity index (χ2v) is 13.4. The fourth-order valence-corrected chi connectivity index (χ4v) is 8.06. The predicted molar refractivity (Wildman–Crippen MR) is 186 cm³/mol. The lowest BCUT2D eigenvalue weighted by molar-refractivity contribution is -0.107. The average molecular weight is 631 g/mol. The summed E-state index contributed by atoms with van der Waals surface area (Å²) in [5.74, 6) is 0. The number of nitrogens with one attached hydrogen (secondary N) is 1. The molecule has 1 fully saturated rings. The summed E-state index contributed by atoms with van der Waals surface area (Å²) in [4.78, 5) is 16.0. The highest BCUT2D eigenvalue weighted by Gasteiger charge is 2.28. The predicted octanol–water partition coefficient (Wildman–Crippen LogP) is 10.8. The molecule has 9 heteroatoms. The first-order chi connectivity index (χ1) is 21.1. The largest absolute Gasteiger partial charge is 0.337 e. The highest BCUT2D eigenvalue weighted by atomic mass is 32.2. The Morgan fingerprint density at radius 1 is 0.674 bits per heavy atom. The van der Waals surface area contributed by atoms with Crippen molar-refractivity contribution in [1.29, 1.82) is 0 Å². The van der Waals surface area contributed by atoms with Crippen LogP contribution in [-0.4, -0.2) is 9.44 Å². The monoisotopic (exact) mass is 630 g/mol. The number of azo groups is 1. The molecule has 1 saturated heterocycles. The van der Waals surface area contributed by atoms with Gasteiger partial charge in [-0.15, -0.1) is 32.9 Å². The van der Waals surface area contributed by atoms with Crippen LogP contribution in [-0.2, 0) is 4.79 Å². The third-order valence-corrected chi connectivity index (χ3v) is 9.99. The van der Waals surface area contributed by atoms with Gasteiger partial charge in [-0.3, -0.25) is 4.79 Å². The Morgan fingerprint density at radius 3 is 1.84 bits per heavy atom. The van der Waals surface area contributed by atoms with Crippen LogP contribution >= 0.6 is 46.7 Å². The third kappa shape index (κ3) is 5.80. The molecule has 0 bridgehead atoms. The molecule has 5 nitrogen and oxygen atoms in total. The smallest absolute Gasteiger partial charge is 0.243 e. The molecule has 4 aromatic carbocycles. The summed E-state index contributed by atoms with van der Waals surface area (Å²) in [5, 5.41) is 13.0. The van der Waals surface area contributed by atoms with E-state index in [-0.39, 0.29) is 5.12 Å². The van der Waals surface area contributed by atoms with E-state index in [0.717, 1.165) is 64.9 Å². The lowest BCUT2D eigenvalue weighted by Gasteiger charge is -2.25. The fraction of sp³-hybridized carbons (Fsp3) is 0. The molecule has 0 unspecified atom stereocenters. The molecule has 6 aromatic rings. The highest BCUT2D eigenvalue weighted by molar-refractivity contribution is 8.33. The Hall–Kier alpha value is -4.41. The van der Waals surface area contributed by atoms with E-state index in [0.29, 0.717) is 10.0 Å². The van der Waals surface area contributed by atoms with E-state index in [9.17, 15) is 4.79 Å². The maximum atomic E-state index is 12.7. The van der Waals surface area contributed by atoms with Gasteiger partial charge < -0.3 is 10.2 Å². The van der Waals surface area contributed by atoms with Gasteiger partial charge in [-0.2, -0.15) is 0 Å². The number of fused-ring (bicyclic) bond motifs is 1. The standard InChI is InChI=1S/C34H22N4OS4/c39-33-32(35-34(40)43-33)31(22-10-4-1-5-11-22)29-20-27-28(41-29)21-30(42-27)37-36-23-16-18-26(19-17-23)38(24-12-6-2-7-13-24)25-14-8-3-9-15-25/h1-21H,(H,35,40)/b32-31+,37-36+. The van der Waals surface area contributed by atoms with Crippen LogP contribution < -0.4 is 10.2 Å². The molecule has 2 aromatic heterocycles. The minimum absolute atomic E-state index is 0.0585. The van der Waals surface area contributed by atoms with Crippen LogP contribution in [0.2, 0.25) is 0 Å². The van der Waals surface area contributed by atoms with Crippen molar-refractivity contribution in [3.05, 3.63) is 144 Å². The van der Waals surface area contributed by atoms with Crippen LogP contribution in [0, 0.1) is 0 Å². The highest BCUT2D eigenvalue weighted by Crippen LogP contribution is 2.43. The number of thioether (sulfide) groups is 1. The van der Waals surface area contributed by atoms with Crippen molar-refractivity contribution in [2.75, 3.05) is 4.90 Å². The Kier molecular flexibility index (Phi) is 7.69. The number of rotatable bonds is 7. The first-order valence-corrected chi connectivity index (χ1v) is 16.3. The van der Waals surface area contributed by atoms with Crippen molar-refractivity contribution >= 4 is 98.8 Å². The Balaban J connectivity index is 1.15. The van der Waals surface area contributed by atoms with Crippen molar-refractivity contribution < 1.29 is 4.79 Å². The van der Waals surface area contributed by atoms with Gasteiger partial charge in [-0.1, -0.05) is 78.9 Å². The maximum Gasteiger partial charge on any atom is 0.243 e. The van der Waals surface area contributed by atoms with Gasteiger partial charge in [0.15, 0.2) is 0 Å². The van der Waals surface area contributed by atoms with Gasteiger partial charge in [-0.05, 0) is 78.0 Å². The van der Waals surface area contributed by atoms with Gasteiger partial charge in [0.1, 0.15) is 15.0 Å². The van der Waals surface area contributed by atoms with E-state index in [1.54, 1.807) is 22.7 Å². The number of anilines is 3. The van der Waals surface area contributed by atoms with E-state index < -0.39 is 0 Å². The molecular formula is C34H22N4OS4. The topological polar surface area (TPSA) is 57.1 Å². The van der Waals surface area contributed by atoms with Crippen molar-refractivity contribution in [3.63, 3.8) is 0 Å². The zero-order valence-corrected chi connectivity index (χ0v) is 25.8. The Morgan fingerprint density at radius 2 is 1.26 bits per heavy atom. The summed E-state index contributed by atoms with van der Waals surface area (Å²) in [7, 11) is 0. The molecule has 0 aliphatic carbocycles. The van der Waals surface area contributed by atoms with Gasteiger partial charge in [-0.25, -0.2) is 0 Å². The Labute approximate surface area is 266 Å². The number of carbonyl (C=O) groups is 1. The molecule has 0 radical (unpaired) electrons. The molecule has 0 atom stereocenters. The van der Waals surface area contributed by atoms with Crippen LogP contribution in [0.5, 0.6) is 0 Å². The van der Waals surface area contributed by atoms with E-state index in [1.807, 2.05) is 78.9 Å². The third-order valence-electron chi connectivity index (χ3n) is 6.77. The molecule has 1 aliphatic heterocycles. The van der Waals surface area contributed by atoms with E-state index in [2.05, 4.69) is 69.0 Å². The molecular weight excluding hydrogens is 609 g/mol. The lowest BCUT2D eigenvalue weighted by atomic mass is 10.0. The molecule has 1 N–H and O–H groups in total. The number of hydrogen-bond donors (Lipinski definition) is 1. The van der Waals surface area contributed by atoms with Gasteiger partial charge in [0, 0.05) is 36.9 Å². The van der Waals surface area contributed by atoms with Crippen molar-refractivity contribution in [2.45, 2.75) is 0 Å². The zero-order valence-electron chi connectivity index (χ0n) is 22.5. The van der Waals surface area contributed by atoms with Crippen LogP contribution in [0.1, 0.15) is 10.4 Å². The number of thiocarbonyl (C=S) groups is 1. The number of nitrogens with zero attached hydrogens (tertiary/aromatic N) is 3. The van der Waals surface area contributed by atoms with Gasteiger partial charge in [0.2, 0.25) is 5.12 Å².